The third-order valence-corrected chi connectivity index (χ3v) is 8.86. The molecule has 2 atom stereocenters. The lowest BCUT2D eigenvalue weighted by molar-refractivity contribution is -0.140. The van der Waals surface area contributed by atoms with E-state index in [2.05, 4.69) is 0 Å². The van der Waals surface area contributed by atoms with Crippen molar-refractivity contribution in [1.82, 2.24) is 24.5 Å². The third kappa shape index (κ3) is 7.06. The van der Waals surface area contributed by atoms with Crippen LogP contribution in [0.5, 0.6) is 0 Å². The second kappa shape index (κ2) is 13.3. The first-order chi connectivity index (χ1) is 19.8. The van der Waals surface area contributed by atoms with Gasteiger partial charge in [0.05, 0.1) is 15.6 Å². The van der Waals surface area contributed by atoms with Crippen molar-refractivity contribution < 1.29 is 27.2 Å². The molecule has 0 aromatic heterocycles. The number of carbonyl (C=O) groups is 2. The van der Waals surface area contributed by atoms with E-state index in [9.17, 15) is 27.2 Å². The lowest BCUT2D eigenvalue weighted by Crippen LogP contribution is -2.56. The minimum atomic E-state index is -4.77. The molecule has 0 saturated carbocycles. The number of benzene rings is 2. The van der Waals surface area contributed by atoms with Crippen LogP contribution in [0.1, 0.15) is 36.5 Å². The van der Waals surface area contributed by atoms with Crippen molar-refractivity contribution >= 4 is 35.3 Å². The summed E-state index contributed by atoms with van der Waals surface area (Å²) in [5.74, 6) is -1.50. The van der Waals surface area contributed by atoms with E-state index in [1.54, 1.807) is 38.8 Å². The van der Waals surface area contributed by atoms with Gasteiger partial charge in [-0.1, -0.05) is 35.3 Å². The van der Waals surface area contributed by atoms with Gasteiger partial charge >= 0.3 is 18.2 Å². The van der Waals surface area contributed by atoms with Gasteiger partial charge in [-0.05, 0) is 56.3 Å². The minimum Gasteiger partial charge on any atom is -0.325 e. The molecular weight excluding hydrogens is 597 g/mol. The van der Waals surface area contributed by atoms with Gasteiger partial charge in [0.1, 0.15) is 5.82 Å². The van der Waals surface area contributed by atoms with Gasteiger partial charge in [0.25, 0.3) is 0 Å². The van der Waals surface area contributed by atoms with E-state index in [4.69, 9.17) is 23.2 Å². The first-order valence-electron chi connectivity index (χ1n) is 13.9. The zero-order valence-corrected chi connectivity index (χ0v) is 25.3. The molecule has 2 fully saturated rings. The molecule has 42 heavy (non-hydrogen) atoms. The lowest BCUT2D eigenvalue weighted by Gasteiger charge is -2.38. The Kier molecular flexibility index (Phi) is 10.2. The molecule has 0 radical (unpaired) electrons. The average molecular weight is 633 g/mol. The molecule has 0 spiro atoms. The maximum atomic E-state index is 14.3. The monoisotopic (exact) mass is 631 g/mol. The van der Waals surface area contributed by atoms with Gasteiger partial charge in [-0.2, -0.15) is 13.2 Å². The summed E-state index contributed by atoms with van der Waals surface area (Å²) >= 11 is 12.5. The number of hydrogen-bond acceptors (Lipinski definition) is 3. The molecule has 2 aromatic rings. The highest BCUT2D eigenvalue weighted by molar-refractivity contribution is 6.42. The fourth-order valence-electron chi connectivity index (χ4n) is 5.74. The van der Waals surface area contributed by atoms with Gasteiger partial charge in [-0.25, -0.2) is 14.0 Å². The number of alkyl halides is 3. The number of likely N-dealkylation sites (tertiary alicyclic amines) is 1. The molecule has 0 aliphatic carbocycles. The average Bonchev–Trinajstić information content (AvgIpc) is 3.40. The third-order valence-electron chi connectivity index (χ3n) is 8.12. The second-order valence-corrected chi connectivity index (χ2v) is 11.5. The van der Waals surface area contributed by atoms with Crippen LogP contribution in [-0.2, 0) is 12.7 Å². The van der Waals surface area contributed by atoms with Crippen molar-refractivity contribution in [2.75, 3.05) is 59.4 Å². The Balaban J connectivity index is 1.50. The van der Waals surface area contributed by atoms with Gasteiger partial charge < -0.3 is 19.6 Å². The van der Waals surface area contributed by atoms with Crippen molar-refractivity contribution in [3.63, 3.8) is 0 Å². The molecule has 13 heteroatoms. The number of halogens is 6. The summed E-state index contributed by atoms with van der Waals surface area (Å²) in [6.07, 6.45) is -4.77. The number of piperazine rings is 1. The zero-order chi connectivity index (χ0) is 30.8. The molecule has 2 aromatic carbocycles. The van der Waals surface area contributed by atoms with Gasteiger partial charge in [-0.3, -0.25) is 4.90 Å². The highest BCUT2D eigenvalue weighted by atomic mass is 35.5. The van der Waals surface area contributed by atoms with E-state index in [0.29, 0.717) is 68.0 Å². The van der Waals surface area contributed by atoms with Crippen molar-refractivity contribution in [1.29, 1.82) is 0 Å². The summed E-state index contributed by atoms with van der Waals surface area (Å²) in [4.78, 5) is 35.3. The van der Waals surface area contributed by atoms with Crippen molar-refractivity contribution in [3.8, 4) is 0 Å². The zero-order valence-electron chi connectivity index (χ0n) is 23.8. The molecule has 2 aliphatic heterocycles. The van der Waals surface area contributed by atoms with Gasteiger partial charge in [-0.15, -0.1) is 0 Å². The van der Waals surface area contributed by atoms with E-state index >= 15 is 0 Å². The standard InChI is InChI=1S/C29H35Cl2F4N5O2/c1-4-37(5-2)27(41)38-10-12-39(13-11-38)28(42)40-17-21(20-7-9-23(30)24(31)15-20)26(18-40)36(3)16-19-6-8-22(25(32)14-19)29(33,34)35/h6-9,14-15,21,26H,4-5,10-13,16-18H2,1-3H3/t21-,26+/m1/s1. The van der Waals surface area contributed by atoms with Gasteiger partial charge in [0.2, 0.25) is 0 Å². The first kappa shape index (κ1) is 32.2. The number of hydrogen-bond donors (Lipinski definition) is 0. The van der Waals surface area contributed by atoms with Crippen LogP contribution in [0.4, 0.5) is 27.2 Å². The van der Waals surface area contributed by atoms with E-state index in [0.717, 1.165) is 17.7 Å². The van der Waals surface area contributed by atoms with Crippen LogP contribution in [0, 0.1) is 5.82 Å². The normalized spacial score (nSPS) is 19.5. The summed E-state index contributed by atoms with van der Waals surface area (Å²) in [7, 11) is 1.80. The molecule has 2 heterocycles. The summed E-state index contributed by atoms with van der Waals surface area (Å²) < 4.78 is 53.5. The van der Waals surface area contributed by atoms with Crippen LogP contribution in [0.25, 0.3) is 0 Å². The fraction of sp³-hybridized carbons (Fsp3) is 0.517. The van der Waals surface area contributed by atoms with Crippen LogP contribution in [0.3, 0.4) is 0 Å². The number of amides is 4. The number of carbonyl (C=O) groups excluding carboxylic acids is 2. The van der Waals surface area contributed by atoms with Gasteiger partial charge in [0.15, 0.2) is 0 Å². The Morgan fingerprint density at radius 3 is 2.12 bits per heavy atom. The first-order valence-corrected chi connectivity index (χ1v) is 14.7. The summed E-state index contributed by atoms with van der Waals surface area (Å²) in [6.45, 7) is 7.69. The molecule has 4 amide bonds. The van der Waals surface area contributed by atoms with Crippen molar-refractivity contribution in [2.24, 2.45) is 0 Å². The van der Waals surface area contributed by atoms with Crippen molar-refractivity contribution in [3.05, 3.63) is 69.0 Å². The molecule has 230 valence electrons. The van der Waals surface area contributed by atoms with Crippen LogP contribution < -0.4 is 0 Å². The fourth-order valence-corrected chi connectivity index (χ4v) is 6.04. The minimum absolute atomic E-state index is 0.0330. The Hall–Kier alpha value is -2.76. The predicted molar refractivity (Wildman–Crippen MR) is 154 cm³/mol. The molecule has 2 aliphatic rings. The lowest BCUT2D eigenvalue weighted by atomic mass is 9.93. The van der Waals surface area contributed by atoms with E-state index in [-0.39, 0.29) is 30.6 Å². The van der Waals surface area contributed by atoms with Crippen LogP contribution in [0.2, 0.25) is 10.0 Å². The Morgan fingerprint density at radius 2 is 1.55 bits per heavy atom. The topological polar surface area (TPSA) is 50.3 Å². The van der Waals surface area contributed by atoms with E-state index in [1.807, 2.05) is 24.8 Å². The number of likely N-dealkylation sites (N-methyl/N-ethyl adjacent to an activating group) is 1. The molecule has 0 unspecified atom stereocenters. The van der Waals surface area contributed by atoms with E-state index < -0.39 is 17.6 Å². The van der Waals surface area contributed by atoms with Crippen molar-refractivity contribution in [2.45, 2.75) is 38.5 Å². The highest BCUT2D eigenvalue weighted by Gasteiger charge is 2.41. The summed E-state index contributed by atoms with van der Waals surface area (Å²) in [6, 6.07) is 7.82. The molecule has 0 N–H and O–H groups in total. The smallest absolute Gasteiger partial charge is 0.325 e. The Bertz CT molecular complexity index is 1290. The molecule has 0 bridgehead atoms. The largest absolute Gasteiger partial charge is 0.419 e. The maximum Gasteiger partial charge on any atom is 0.419 e. The van der Waals surface area contributed by atoms with Crippen LogP contribution in [0.15, 0.2) is 36.4 Å². The van der Waals surface area contributed by atoms with Crippen LogP contribution >= 0.6 is 23.2 Å². The Labute approximate surface area is 253 Å². The molecule has 2 saturated heterocycles. The SMILES string of the molecule is CCN(CC)C(=O)N1CCN(C(=O)N2C[C@H](c3ccc(Cl)c(Cl)c3)[C@@H](N(C)Cc3ccc(C(F)(F)F)c(F)c3)C2)CC1. The van der Waals surface area contributed by atoms with E-state index in [1.165, 1.54) is 6.07 Å². The molecular formula is C29H35Cl2F4N5O2. The second-order valence-electron chi connectivity index (χ2n) is 10.7. The Morgan fingerprint density at radius 1 is 0.905 bits per heavy atom. The van der Waals surface area contributed by atoms with Gasteiger partial charge in [0, 0.05) is 70.9 Å². The summed E-state index contributed by atoms with van der Waals surface area (Å²) in [5.41, 5.74) is -0.0569. The molecule has 7 nitrogen and oxygen atoms in total. The number of urea groups is 2. The number of nitrogens with zero attached hydrogens (tertiary/aromatic N) is 5. The highest BCUT2D eigenvalue weighted by Crippen LogP contribution is 2.36. The predicted octanol–water partition coefficient (Wildman–Crippen LogP) is 6.25. The maximum absolute atomic E-state index is 14.3. The number of rotatable bonds is 6. The van der Waals surface area contributed by atoms with Crippen LogP contribution in [-0.4, -0.2) is 102 Å². The summed E-state index contributed by atoms with van der Waals surface area (Å²) in [5, 5.41) is 0.771. The quantitative estimate of drug-likeness (QED) is 0.354. The molecule has 4 rings (SSSR count).